The highest BCUT2D eigenvalue weighted by atomic mass is 16.5. The van der Waals surface area contributed by atoms with E-state index in [9.17, 15) is 4.79 Å². The van der Waals surface area contributed by atoms with Gasteiger partial charge in [-0.3, -0.25) is 14.9 Å². The molecule has 4 rings (SSSR count). The van der Waals surface area contributed by atoms with Crippen LogP contribution >= 0.6 is 0 Å². The van der Waals surface area contributed by atoms with Crippen LogP contribution in [-0.2, 0) is 0 Å². The summed E-state index contributed by atoms with van der Waals surface area (Å²) in [5, 5.41) is 13.6. The number of nitrogens with one attached hydrogen (secondary N) is 3. The van der Waals surface area contributed by atoms with Crippen LogP contribution in [0.5, 0.6) is 5.88 Å². The first-order valence-electron chi connectivity index (χ1n) is 12.1. The second-order valence-electron chi connectivity index (χ2n) is 9.13. The molecule has 3 atom stereocenters. The summed E-state index contributed by atoms with van der Waals surface area (Å²) in [5.41, 5.74) is 1.39. The average Bonchev–Trinajstić information content (AvgIpc) is 3.17. The van der Waals surface area contributed by atoms with Crippen molar-refractivity contribution in [3.63, 3.8) is 0 Å². The molecule has 0 aromatic carbocycles. The second-order valence-corrected chi connectivity index (χ2v) is 9.13. The lowest BCUT2D eigenvalue weighted by atomic mass is 9.95. The molecular formula is C25H34N8O2. The molecule has 0 saturated heterocycles. The summed E-state index contributed by atoms with van der Waals surface area (Å²) >= 11 is 0. The topological polar surface area (TPSA) is 121 Å². The Morgan fingerprint density at radius 1 is 1.20 bits per heavy atom. The molecule has 3 aromatic heterocycles. The van der Waals surface area contributed by atoms with E-state index in [0.29, 0.717) is 35.1 Å². The van der Waals surface area contributed by atoms with Crippen LogP contribution < -0.4 is 20.3 Å². The molecule has 3 unspecified atom stereocenters. The van der Waals surface area contributed by atoms with Crippen molar-refractivity contribution in [3.8, 4) is 5.88 Å². The number of carbonyl (C=O) groups excluding carboxylic acids is 1. The van der Waals surface area contributed by atoms with E-state index in [0.717, 1.165) is 37.8 Å². The number of ether oxygens (including phenoxy) is 1. The van der Waals surface area contributed by atoms with Crippen molar-refractivity contribution in [1.82, 2.24) is 30.5 Å². The van der Waals surface area contributed by atoms with Gasteiger partial charge in [-0.2, -0.15) is 15.1 Å². The molecule has 0 radical (unpaired) electrons. The van der Waals surface area contributed by atoms with Gasteiger partial charge in [-0.05, 0) is 50.7 Å². The Hall–Kier alpha value is -3.69. The number of pyridine rings is 1. The molecule has 1 fully saturated rings. The molecule has 0 spiro atoms. The smallest absolute Gasteiger partial charge is 0.270 e. The van der Waals surface area contributed by atoms with Crippen LogP contribution in [0.4, 0.5) is 17.6 Å². The van der Waals surface area contributed by atoms with Gasteiger partial charge in [-0.1, -0.05) is 19.4 Å². The Balaban J connectivity index is 1.54. The molecule has 3 heterocycles. The first kappa shape index (κ1) is 24.4. The minimum absolute atomic E-state index is 0.0451. The highest BCUT2D eigenvalue weighted by molar-refractivity contribution is 5.92. The van der Waals surface area contributed by atoms with Crippen LogP contribution in [0.25, 0.3) is 0 Å². The van der Waals surface area contributed by atoms with E-state index in [2.05, 4.69) is 42.6 Å². The van der Waals surface area contributed by atoms with Gasteiger partial charge < -0.3 is 20.3 Å². The third-order valence-electron chi connectivity index (χ3n) is 6.62. The average molecular weight is 479 g/mol. The summed E-state index contributed by atoms with van der Waals surface area (Å²) in [4.78, 5) is 28.4. The number of rotatable bonds is 8. The van der Waals surface area contributed by atoms with Crippen LogP contribution in [-0.4, -0.2) is 57.3 Å². The number of hydrogen-bond donors (Lipinski definition) is 3. The van der Waals surface area contributed by atoms with Crippen LogP contribution in [0.2, 0.25) is 0 Å². The monoisotopic (exact) mass is 478 g/mol. The molecule has 10 heteroatoms. The molecule has 3 aromatic rings. The minimum atomic E-state index is -0.134. The summed E-state index contributed by atoms with van der Waals surface area (Å²) in [6.45, 7) is 4.17. The van der Waals surface area contributed by atoms with Gasteiger partial charge in [-0.15, -0.1) is 0 Å². The molecule has 1 saturated carbocycles. The number of hydrogen-bond acceptors (Lipinski definition) is 8. The molecule has 186 valence electrons. The van der Waals surface area contributed by atoms with Crippen molar-refractivity contribution < 1.29 is 9.53 Å². The van der Waals surface area contributed by atoms with Crippen molar-refractivity contribution >= 4 is 23.5 Å². The normalized spacial score (nSPS) is 20.1. The fourth-order valence-corrected chi connectivity index (χ4v) is 4.57. The number of carbonyl (C=O) groups is 1. The molecule has 1 aliphatic rings. The summed E-state index contributed by atoms with van der Waals surface area (Å²) in [6.07, 6.45) is 6.54. The van der Waals surface area contributed by atoms with E-state index < -0.39 is 0 Å². The summed E-state index contributed by atoms with van der Waals surface area (Å²) in [6, 6.07) is 9.24. The Labute approximate surface area is 205 Å². The van der Waals surface area contributed by atoms with Gasteiger partial charge in [0.25, 0.3) is 5.91 Å². The standard InChI is InChI=1S/C25H34N8O2/c1-5-17-9-10-18(27-24(34)20-8-6-7-11-26-20)14-19(13-17)33(3)25-29-21(15-23(30-25)35-4)28-22-12-16(2)31-32-22/h6-8,11-12,15,17-19H,5,9-10,13-14H2,1-4H3,(H,27,34)(H2,28,29,30,31,32). The second kappa shape index (κ2) is 11.2. The lowest BCUT2D eigenvalue weighted by Gasteiger charge is -2.31. The lowest BCUT2D eigenvalue weighted by molar-refractivity contribution is 0.0927. The zero-order chi connectivity index (χ0) is 24.8. The number of methoxy groups -OCH3 is 1. The van der Waals surface area contributed by atoms with Crippen LogP contribution in [0.3, 0.4) is 0 Å². The van der Waals surface area contributed by atoms with E-state index in [4.69, 9.17) is 9.72 Å². The fourth-order valence-electron chi connectivity index (χ4n) is 4.57. The van der Waals surface area contributed by atoms with Gasteiger partial charge in [0.15, 0.2) is 5.82 Å². The maximum Gasteiger partial charge on any atom is 0.270 e. The summed E-state index contributed by atoms with van der Waals surface area (Å²) in [7, 11) is 3.61. The van der Waals surface area contributed by atoms with E-state index in [1.807, 2.05) is 32.2 Å². The van der Waals surface area contributed by atoms with Crippen LogP contribution in [0, 0.1) is 12.8 Å². The van der Waals surface area contributed by atoms with Gasteiger partial charge in [0, 0.05) is 43.2 Å². The Morgan fingerprint density at radius 3 is 2.74 bits per heavy atom. The Morgan fingerprint density at radius 2 is 2.06 bits per heavy atom. The molecule has 0 bridgehead atoms. The van der Waals surface area contributed by atoms with Gasteiger partial charge >= 0.3 is 0 Å². The zero-order valence-corrected chi connectivity index (χ0v) is 20.8. The molecule has 0 aliphatic heterocycles. The first-order chi connectivity index (χ1) is 16.9. The predicted molar refractivity (Wildman–Crippen MR) is 135 cm³/mol. The SMILES string of the molecule is CCC1CCC(NC(=O)c2ccccn2)CC(N(C)c2nc(Nc3cc(C)[nH]n3)cc(OC)n2)C1. The quantitative estimate of drug-likeness (QED) is 0.417. The Bertz CT molecular complexity index is 1120. The lowest BCUT2D eigenvalue weighted by Crippen LogP contribution is -2.41. The largest absolute Gasteiger partial charge is 0.481 e. The highest BCUT2D eigenvalue weighted by Crippen LogP contribution is 2.31. The maximum absolute atomic E-state index is 12.8. The zero-order valence-electron chi connectivity index (χ0n) is 20.8. The van der Waals surface area contributed by atoms with Crippen molar-refractivity contribution in [2.45, 2.75) is 58.0 Å². The van der Waals surface area contributed by atoms with Crippen molar-refractivity contribution in [3.05, 3.63) is 47.9 Å². The Kier molecular flexibility index (Phi) is 7.79. The first-order valence-corrected chi connectivity index (χ1v) is 12.1. The molecule has 35 heavy (non-hydrogen) atoms. The van der Waals surface area contributed by atoms with E-state index in [-0.39, 0.29) is 18.0 Å². The number of nitrogens with zero attached hydrogens (tertiary/aromatic N) is 5. The van der Waals surface area contributed by atoms with Gasteiger partial charge in [0.2, 0.25) is 11.8 Å². The number of aryl methyl sites for hydroxylation is 1. The van der Waals surface area contributed by atoms with Crippen LogP contribution in [0.1, 0.15) is 55.2 Å². The molecule has 1 amide bonds. The van der Waals surface area contributed by atoms with Crippen molar-refractivity contribution in [2.24, 2.45) is 5.92 Å². The van der Waals surface area contributed by atoms with Gasteiger partial charge in [0.05, 0.1) is 7.11 Å². The van der Waals surface area contributed by atoms with Crippen molar-refractivity contribution in [1.29, 1.82) is 0 Å². The fraction of sp³-hybridized carbons (Fsp3) is 0.480. The summed E-state index contributed by atoms with van der Waals surface area (Å²) in [5.74, 6) is 2.74. The molecule has 10 nitrogen and oxygen atoms in total. The summed E-state index contributed by atoms with van der Waals surface area (Å²) < 4.78 is 5.46. The van der Waals surface area contributed by atoms with Crippen LogP contribution in [0.15, 0.2) is 36.5 Å². The third-order valence-corrected chi connectivity index (χ3v) is 6.62. The number of anilines is 3. The number of H-pyrrole nitrogens is 1. The minimum Gasteiger partial charge on any atom is -0.481 e. The number of aromatic amines is 1. The van der Waals surface area contributed by atoms with E-state index in [1.165, 1.54) is 0 Å². The molecule has 1 aliphatic carbocycles. The predicted octanol–water partition coefficient (Wildman–Crippen LogP) is 3.86. The van der Waals surface area contributed by atoms with E-state index >= 15 is 0 Å². The molecular weight excluding hydrogens is 444 g/mol. The molecule has 3 N–H and O–H groups in total. The van der Waals surface area contributed by atoms with Gasteiger partial charge in [0.1, 0.15) is 11.5 Å². The van der Waals surface area contributed by atoms with Crippen molar-refractivity contribution in [2.75, 3.05) is 24.4 Å². The third kappa shape index (κ3) is 6.26. The van der Waals surface area contributed by atoms with Gasteiger partial charge in [-0.25, -0.2) is 0 Å². The number of aromatic nitrogens is 5. The maximum atomic E-state index is 12.8. The van der Waals surface area contributed by atoms with E-state index in [1.54, 1.807) is 25.4 Å². The highest BCUT2D eigenvalue weighted by Gasteiger charge is 2.30. The number of amides is 1.